The molecule has 0 amide bonds. The van der Waals surface area contributed by atoms with Gasteiger partial charge in [-0.15, -0.1) is 0 Å². The highest BCUT2D eigenvalue weighted by molar-refractivity contribution is 5.32. The van der Waals surface area contributed by atoms with Crippen LogP contribution < -0.4 is 0 Å². The fraction of sp³-hybridized carbons (Fsp3) is 0.933. The molecule has 0 aromatic carbocycles. The molecule has 1 aliphatic heterocycles. The van der Waals surface area contributed by atoms with Crippen LogP contribution >= 0.6 is 0 Å². The minimum Gasteiger partial charge on any atom is -0.377 e. The quantitative estimate of drug-likeness (QED) is 0.368. The van der Waals surface area contributed by atoms with Gasteiger partial charge in [0.2, 0.25) is 0 Å². The molecule has 6 atom stereocenters. The van der Waals surface area contributed by atoms with Crippen LogP contribution in [0.4, 0.5) is 0 Å². The smallest absolute Gasteiger partial charge is 0.176 e. The Balaban J connectivity index is 0.000000390. The fourth-order valence-corrected chi connectivity index (χ4v) is 7.86. The van der Waals surface area contributed by atoms with Crippen molar-refractivity contribution in [1.82, 2.24) is 0 Å². The maximum atomic E-state index is 6.41. The first kappa shape index (κ1) is 27.2. The number of rotatable bonds is 1. The molecule has 0 aromatic rings. The number of allylic oxidation sites excluding steroid dienone is 1. The molecule has 0 aromatic heterocycles. The Kier molecular flexibility index (Phi) is 8.50. The van der Waals surface area contributed by atoms with E-state index in [2.05, 4.69) is 47.6 Å². The van der Waals surface area contributed by atoms with Crippen molar-refractivity contribution >= 4 is 0 Å². The van der Waals surface area contributed by atoms with E-state index in [1.54, 1.807) is 5.57 Å². The highest BCUT2D eigenvalue weighted by atomic mass is 16.7. The highest BCUT2D eigenvalue weighted by Gasteiger charge is 2.68. The third-order valence-electron chi connectivity index (χ3n) is 9.28. The largest absolute Gasteiger partial charge is 0.377 e. The van der Waals surface area contributed by atoms with E-state index in [1.807, 2.05) is 21.0 Å². The number of hydrogen-bond acceptors (Lipinski definition) is 3. The Labute approximate surface area is 205 Å². The van der Waals surface area contributed by atoms with Crippen LogP contribution in [0.2, 0.25) is 0 Å². The van der Waals surface area contributed by atoms with Crippen molar-refractivity contribution in [2.24, 2.45) is 34.0 Å². The monoisotopic (exact) mass is 462 g/mol. The van der Waals surface area contributed by atoms with Gasteiger partial charge in [0, 0.05) is 13.5 Å². The standard InChI is InChI=1S/C23H36O3.C5H12.C2H6/c1-21-11-5-4-7-16(21)8-9-17-18-10-12-23(25-13-6-14-26-23)22(18,2)20(24-3)15-19(17)21;1-5(2,3)4;1-2/h15-18,20H,4-14H2,1-3H3;1-4H3;1-2H3/t16?,17?,18?,20?,21?,22-;;/m1../s1. The topological polar surface area (TPSA) is 27.7 Å². The van der Waals surface area contributed by atoms with E-state index in [9.17, 15) is 0 Å². The van der Waals surface area contributed by atoms with Gasteiger partial charge in [-0.1, -0.05) is 79.9 Å². The summed E-state index contributed by atoms with van der Waals surface area (Å²) in [4.78, 5) is 0. The predicted octanol–water partition coefficient (Wildman–Crippen LogP) is 8.18. The van der Waals surface area contributed by atoms with Crippen molar-refractivity contribution in [1.29, 1.82) is 0 Å². The van der Waals surface area contributed by atoms with Crippen LogP contribution in [0.1, 0.15) is 113 Å². The maximum absolute atomic E-state index is 6.41. The maximum Gasteiger partial charge on any atom is 0.176 e. The van der Waals surface area contributed by atoms with Gasteiger partial charge in [-0.25, -0.2) is 0 Å². The van der Waals surface area contributed by atoms with Gasteiger partial charge in [0.1, 0.15) is 0 Å². The average Bonchev–Trinajstić information content (AvgIpc) is 3.06. The van der Waals surface area contributed by atoms with Gasteiger partial charge >= 0.3 is 0 Å². The molecular weight excluding hydrogens is 408 g/mol. The Morgan fingerprint density at radius 1 is 0.879 bits per heavy atom. The Morgan fingerprint density at radius 2 is 1.52 bits per heavy atom. The first-order valence-electron chi connectivity index (χ1n) is 14.1. The van der Waals surface area contributed by atoms with E-state index >= 15 is 0 Å². The van der Waals surface area contributed by atoms with Crippen LogP contribution in [0.5, 0.6) is 0 Å². The van der Waals surface area contributed by atoms with E-state index in [0.29, 0.717) is 22.7 Å². The summed E-state index contributed by atoms with van der Waals surface area (Å²) in [6, 6.07) is 0. The fourth-order valence-electron chi connectivity index (χ4n) is 7.86. The zero-order valence-corrected chi connectivity index (χ0v) is 23.4. The minimum atomic E-state index is -0.428. The van der Waals surface area contributed by atoms with Crippen LogP contribution in [-0.4, -0.2) is 32.2 Å². The second-order valence-electron chi connectivity index (χ2n) is 13.1. The minimum absolute atomic E-state index is 0.0613. The molecule has 192 valence electrons. The van der Waals surface area contributed by atoms with E-state index in [1.165, 1.54) is 44.9 Å². The molecular formula is C30H54O3. The van der Waals surface area contributed by atoms with Crippen molar-refractivity contribution in [3.8, 4) is 0 Å². The first-order chi connectivity index (χ1) is 15.6. The average molecular weight is 463 g/mol. The van der Waals surface area contributed by atoms with Crippen LogP contribution in [0.25, 0.3) is 0 Å². The molecule has 5 unspecified atom stereocenters. The lowest BCUT2D eigenvalue weighted by Crippen LogP contribution is -2.61. The van der Waals surface area contributed by atoms with E-state index in [-0.39, 0.29) is 11.5 Å². The summed E-state index contributed by atoms with van der Waals surface area (Å²) in [7, 11) is 1.89. The summed E-state index contributed by atoms with van der Waals surface area (Å²) in [6.45, 7) is 19.4. The zero-order valence-electron chi connectivity index (χ0n) is 23.4. The molecule has 1 spiro atoms. The van der Waals surface area contributed by atoms with E-state index < -0.39 is 5.79 Å². The summed E-state index contributed by atoms with van der Waals surface area (Å²) >= 11 is 0. The van der Waals surface area contributed by atoms with Gasteiger partial charge in [-0.2, -0.15) is 0 Å². The number of hydrogen-bond donors (Lipinski definition) is 0. The lowest BCUT2D eigenvalue weighted by Gasteiger charge is -2.59. The number of ether oxygens (including phenoxy) is 3. The molecule has 33 heavy (non-hydrogen) atoms. The van der Waals surface area contributed by atoms with Crippen LogP contribution in [-0.2, 0) is 14.2 Å². The second-order valence-corrected chi connectivity index (χ2v) is 13.1. The van der Waals surface area contributed by atoms with Crippen molar-refractivity contribution in [3.63, 3.8) is 0 Å². The molecule has 0 radical (unpaired) electrons. The normalized spacial score (nSPS) is 41.3. The van der Waals surface area contributed by atoms with Crippen molar-refractivity contribution in [2.75, 3.05) is 20.3 Å². The molecule has 5 rings (SSSR count). The SMILES string of the molecule is CC.CC(C)(C)C.COC1C=C2C(CCC3CCCCC23C)C2CCC3(OCCCO3)[C@@]12C. The van der Waals surface area contributed by atoms with E-state index in [4.69, 9.17) is 14.2 Å². The van der Waals surface area contributed by atoms with Crippen LogP contribution in [0.3, 0.4) is 0 Å². The molecule has 3 nitrogen and oxygen atoms in total. The summed E-state index contributed by atoms with van der Waals surface area (Å²) in [5.41, 5.74) is 2.59. The zero-order chi connectivity index (χ0) is 24.5. The van der Waals surface area contributed by atoms with Gasteiger partial charge in [0.05, 0.1) is 24.7 Å². The molecule has 5 aliphatic rings. The van der Waals surface area contributed by atoms with Gasteiger partial charge in [-0.05, 0) is 67.1 Å². The Morgan fingerprint density at radius 3 is 2.12 bits per heavy atom. The molecule has 0 bridgehead atoms. The summed E-state index contributed by atoms with van der Waals surface area (Å²) in [5, 5.41) is 0. The van der Waals surface area contributed by atoms with Gasteiger partial charge in [0.15, 0.2) is 5.79 Å². The third-order valence-corrected chi connectivity index (χ3v) is 9.28. The molecule has 3 heteroatoms. The molecule has 0 N–H and O–H groups in total. The first-order valence-corrected chi connectivity index (χ1v) is 14.1. The van der Waals surface area contributed by atoms with Crippen molar-refractivity contribution < 1.29 is 14.2 Å². The molecule has 4 fully saturated rings. The lowest BCUT2D eigenvalue weighted by molar-refractivity contribution is -0.331. The molecule has 4 aliphatic carbocycles. The Bertz CT molecular complexity index is 665. The number of methoxy groups -OCH3 is 1. The highest BCUT2D eigenvalue weighted by Crippen LogP contribution is 2.67. The van der Waals surface area contributed by atoms with Crippen LogP contribution in [0, 0.1) is 34.0 Å². The van der Waals surface area contributed by atoms with Gasteiger partial charge in [-0.3, -0.25) is 0 Å². The lowest BCUT2D eigenvalue weighted by atomic mass is 9.48. The second kappa shape index (κ2) is 10.3. The molecule has 3 saturated carbocycles. The molecule has 1 heterocycles. The summed E-state index contributed by atoms with van der Waals surface area (Å²) in [6.07, 6.45) is 14.3. The van der Waals surface area contributed by atoms with Gasteiger partial charge in [0.25, 0.3) is 0 Å². The number of fused-ring (bicyclic) bond motifs is 6. The predicted molar refractivity (Wildman–Crippen MR) is 138 cm³/mol. The molecule has 1 saturated heterocycles. The van der Waals surface area contributed by atoms with Crippen LogP contribution in [0.15, 0.2) is 11.6 Å². The van der Waals surface area contributed by atoms with Crippen molar-refractivity contribution in [3.05, 3.63) is 11.6 Å². The van der Waals surface area contributed by atoms with Gasteiger partial charge < -0.3 is 14.2 Å². The summed E-state index contributed by atoms with van der Waals surface area (Å²) < 4.78 is 19.0. The van der Waals surface area contributed by atoms with Crippen molar-refractivity contribution in [2.45, 2.75) is 125 Å². The third kappa shape index (κ3) is 4.85. The van der Waals surface area contributed by atoms with E-state index in [0.717, 1.165) is 32.0 Å². The Hall–Kier alpha value is -0.380. The summed E-state index contributed by atoms with van der Waals surface area (Å²) in [5.74, 6) is 1.80.